The van der Waals surface area contributed by atoms with Gasteiger partial charge in [-0.3, -0.25) is 4.79 Å². The molecule has 1 N–H and O–H groups in total. The van der Waals surface area contributed by atoms with E-state index in [2.05, 4.69) is 20.9 Å². The van der Waals surface area contributed by atoms with Gasteiger partial charge in [0.05, 0.1) is 5.56 Å². The quantitative estimate of drug-likeness (QED) is 0.847. The third kappa shape index (κ3) is 3.61. The molecule has 100 valence electrons. The number of pyridine rings is 1. The van der Waals surface area contributed by atoms with Crippen LogP contribution in [0.3, 0.4) is 0 Å². The maximum absolute atomic E-state index is 12.8. The fourth-order valence-electron chi connectivity index (χ4n) is 0.996. The molecule has 0 amide bonds. The molecule has 0 unspecified atom stereocenters. The molecule has 1 aromatic heterocycles. The first kappa shape index (κ1) is 15.3. The number of carbonyl (C=O) groups is 1. The van der Waals surface area contributed by atoms with E-state index >= 15 is 0 Å². The summed E-state index contributed by atoms with van der Waals surface area (Å²) in [5.41, 5.74) is -0.948. The van der Waals surface area contributed by atoms with Crippen LogP contribution in [0.4, 0.5) is 13.2 Å². The Kier molecular flexibility index (Phi) is 4.32. The van der Waals surface area contributed by atoms with E-state index in [1.807, 2.05) is 0 Å². The van der Waals surface area contributed by atoms with Gasteiger partial charge in [0.2, 0.25) is 0 Å². The van der Waals surface area contributed by atoms with Crippen molar-refractivity contribution in [1.82, 2.24) is 4.98 Å². The number of thioether (sulfide) groups is 1. The van der Waals surface area contributed by atoms with Gasteiger partial charge in [-0.1, -0.05) is 11.8 Å². The summed E-state index contributed by atoms with van der Waals surface area (Å²) in [7, 11) is 0. The van der Waals surface area contributed by atoms with Crippen LogP contribution in [0, 0.1) is 0 Å². The van der Waals surface area contributed by atoms with Crippen molar-refractivity contribution in [3.05, 3.63) is 22.3 Å². The van der Waals surface area contributed by atoms with Crippen molar-refractivity contribution in [3.8, 4) is 0 Å². The third-order valence-electron chi connectivity index (χ3n) is 1.99. The van der Waals surface area contributed by atoms with Crippen LogP contribution in [0.2, 0.25) is 0 Å². The zero-order chi connectivity index (χ0) is 14.1. The Bertz CT molecular complexity index is 477. The number of carboxylic acids is 1. The van der Waals surface area contributed by atoms with Gasteiger partial charge in [-0.15, -0.1) is 0 Å². The molecule has 0 fully saturated rings. The van der Waals surface area contributed by atoms with Crippen LogP contribution in [0.15, 0.2) is 21.8 Å². The number of hydrogen-bond donors (Lipinski definition) is 1. The molecule has 0 saturated carbocycles. The SMILES string of the molecule is CC(C)(Sc1ncc(Br)cc1C(F)(F)F)C(=O)O. The van der Waals surface area contributed by atoms with Gasteiger partial charge in [0.25, 0.3) is 0 Å². The Hall–Kier alpha value is -0.760. The minimum Gasteiger partial charge on any atom is -0.480 e. The average Bonchev–Trinajstić information content (AvgIpc) is 2.18. The van der Waals surface area contributed by atoms with Crippen LogP contribution < -0.4 is 0 Å². The van der Waals surface area contributed by atoms with Crippen molar-refractivity contribution in [2.45, 2.75) is 29.8 Å². The van der Waals surface area contributed by atoms with Gasteiger partial charge in [-0.2, -0.15) is 13.2 Å². The molecule has 0 aliphatic heterocycles. The largest absolute Gasteiger partial charge is 0.480 e. The minimum absolute atomic E-state index is 0.187. The normalized spacial score (nSPS) is 12.6. The molecule has 0 aliphatic carbocycles. The van der Waals surface area contributed by atoms with Crippen LogP contribution in [0.25, 0.3) is 0 Å². The van der Waals surface area contributed by atoms with E-state index in [0.717, 1.165) is 6.07 Å². The van der Waals surface area contributed by atoms with Gasteiger partial charge in [-0.25, -0.2) is 4.98 Å². The highest BCUT2D eigenvalue weighted by molar-refractivity contribution is 9.10. The smallest absolute Gasteiger partial charge is 0.419 e. The first-order valence-electron chi connectivity index (χ1n) is 4.69. The van der Waals surface area contributed by atoms with Crippen molar-refractivity contribution in [2.75, 3.05) is 0 Å². The van der Waals surface area contributed by atoms with E-state index < -0.39 is 22.5 Å². The van der Waals surface area contributed by atoms with E-state index in [1.54, 1.807) is 0 Å². The van der Waals surface area contributed by atoms with Crippen molar-refractivity contribution in [2.24, 2.45) is 0 Å². The molecular formula is C10H9BrF3NO2S. The second-order valence-electron chi connectivity index (χ2n) is 3.92. The van der Waals surface area contributed by atoms with Crippen LogP contribution in [-0.2, 0) is 11.0 Å². The van der Waals surface area contributed by atoms with Gasteiger partial charge in [0.1, 0.15) is 9.77 Å². The van der Waals surface area contributed by atoms with E-state index in [9.17, 15) is 18.0 Å². The first-order chi connectivity index (χ1) is 8.04. The van der Waals surface area contributed by atoms with E-state index in [0.29, 0.717) is 11.8 Å². The monoisotopic (exact) mass is 343 g/mol. The number of rotatable bonds is 3. The lowest BCUT2D eigenvalue weighted by molar-refractivity contribution is -0.141. The van der Waals surface area contributed by atoms with E-state index in [-0.39, 0.29) is 9.50 Å². The summed E-state index contributed by atoms with van der Waals surface area (Å²) in [5.74, 6) is -1.20. The molecule has 1 aromatic rings. The standard InChI is InChI=1S/C10H9BrF3NO2S/c1-9(2,8(16)17)18-7-6(10(12,13)14)3-5(11)4-15-7/h3-4H,1-2H3,(H,16,17). The molecule has 0 aromatic carbocycles. The zero-order valence-electron chi connectivity index (χ0n) is 9.38. The summed E-state index contributed by atoms with van der Waals surface area (Å²) in [4.78, 5) is 14.6. The van der Waals surface area contributed by atoms with Gasteiger partial charge >= 0.3 is 12.1 Å². The van der Waals surface area contributed by atoms with Crippen LogP contribution >= 0.6 is 27.7 Å². The Labute approximate surface area is 114 Å². The van der Waals surface area contributed by atoms with Crippen molar-refractivity contribution < 1.29 is 23.1 Å². The van der Waals surface area contributed by atoms with E-state index in [4.69, 9.17) is 5.11 Å². The second kappa shape index (κ2) is 5.08. The number of halogens is 4. The first-order valence-corrected chi connectivity index (χ1v) is 6.30. The topological polar surface area (TPSA) is 50.2 Å². The predicted octanol–water partition coefficient (Wildman–Crippen LogP) is 3.82. The van der Waals surface area contributed by atoms with Crippen LogP contribution in [-0.4, -0.2) is 20.8 Å². The molecule has 0 spiro atoms. The van der Waals surface area contributed by atoms with E-state index in [1.165, 1.54) is 20.0 Å². The molecule has 0 saturated heterocycles. The van der Waals surface area contributed by atoms with Gasteiger partial charge < -0.3 is 5.11 Å². The maximum Gasteiger partial charge on any atom is 0.419 e. The average molecular weight is 344 g/mol. The molecule has 8 heteroatoms. The highest BCUT2D eigenvalue weighted by Crippen LogP contribution is 2.41. The number of aromatic nitrogens is 1. The fraction of sp³-hybridized carbons (Fsp3) is 0.400. The van der Waals surface area contributed by atoms with Crippen LogP contribution in [0.1, 0.15) is 19.4 Å². The lowest BCUT2D eigenvalue weighted by atomic mass is 10.2. The molecule has 0 aliphatic rings. The number of nitrogens with zero attached hydrogens (tertiary/aromatic N) is 1. The Morgan fingerprint density at radius 2 is 2.00 bits per heavy atom. The molecule has 0 radical (unpaired) electrons. The van der Waals surface area contributed by atoms with Crippen molar-refractivity contribution in [1.29, 1.82) is 0 Å². The number of hydrogen-bond acceptors (Lipinski definition) is 3. The number of aliphatic carboxylic acids is 1. The van der Waals surface area contributed by atoms with Crippen molar-refractivity contribution in [3.63, 3.8) is 0 Å². The highest BCUT2D eigenvalue weighted by Gasteiger charge is 2.38. The highest BCUT2D eigenvalue weighted by atomic mass is 79.9. The van der Waals surface area contributed by atoms with Gasteiger partial charge in [0, 0.05) is 10.7 Å². The Balaban J connectivity index is 3.22. The Morgan fingerprint density at radius 1 is 1.44 bits per heavy atom. The van der Waals surface area contributed by atoms with Crippen LogP contribution in [0.5, 0.6) is 0 Å². The predicted molar refractivity (Wildman–Crippen MR) is 64.5 cm³/mol. The minimum atomic E-state index is -4.58. The maximum atomic E-state index is 12.8. The lowest BCUT2D eigenvalue weighted by Crippen LogP contribution is -2.27. The summed E-state index contributed by atoms with van der Waals surface area (Å²) in [6, 6.07) is 0.882. The fourth-order valence-corrected chi connectivity index (χ4v) is 2.29. The molecule has 0 bridgehead atoms. The second-order valence-corrected chi connectivity index (χ2v) is 6.45. The number of carboxylic acid groups (broad SMARTS) is 1. The molecule has 3 nitrogen and oxygen atoms in total. The van der Waals surface area contributed by atoms with Crippen molar-refractivity contribution >= 4 is 33.7 Å². The van der Waals surface area contributed by atoms with Gasteiger partial charge in [0.15, 0.2) is 0 Å². The summed E-state index contributed by atoms with van der Waals surface area (Å²) < 4.78 is 37.1. The lowest BCUT2D eigenvalue weighted by Gasteiger charge is -2.20. The number of alkyl halides is 3. The molecule has 1 heterocycles. The molecule has 1 rings (SSSR count). The molecule has 0 atom stereocenters. The third-order valence-corrected chi connectivity index (χ3v) is 3.63. The molecular weight excluding hydrogens is 335 g/mol. The Morgan fingerprint density at radius 3 is 2.44 bits per heavy atom. The summed E-state index contributed by atoms with van der Waals surface area (Å²) in [6.07, 6.45) is -3.37. The zero-order valence-corrected chi connectivity index (χ0v) is 11.8. The summed E-state index contributed by atoms with van der Waals surface area (Å²) in [6.45, 7) is 2.65. The summed E-state index contributed by atoms with van der Waals surface area (Å²) in [5, 5.41) is 8.56. The molecule has 18 heavy (non-hydrogen) atoms. The van der Waals surface area contributed by atoms with Gasteiger partial charge in [-0.05, 0) is 35.8 Å². The summed E-state index contributed by atoms with van der Waals surface area (Å²) >= 11 is 3.47.